The number of methoxy groups -OCH3 is 1. The van der Waals surface area contributed by atoms with Gasteiger partial charge in [0.05, 0.1) is 19.1 Å². The minimum absolute atomic E-state index is 0.0501. The fourth-order valence-electron chi connectivity index (χ4n) is 2.95. The van der Waals surface area contributed by atoms with E-state index in [1.54, 1.807) is 47.5 Å². The number of hydrogen-bond donors (Lipinski definition) is 1. The molecular formula is C21H17FN4O4S2. The number of nitrogens with one attached hydrogen (secondary N) is 1. The maximum Gasteiger partial charge on any atom is 0.341 e. The van der Waals surface area contributed by atoms with Crippen LogP contribution in [0.4, 0.5) is 9.39 Å². The van der Waals surface area contributed by atoms with Crippen molar-refractivity contribution in [2.24, 2.45) is 7.05 Å². The molecule has 0 unspecified atom stereocenters. The topological polar surface area (TPSA) is 99.2 Å². The number of furan rings is 1. The molecule has 1 N–H and O–H groups in total. The Morgan fingerprint density at radius 1 is 1.25 bits per heavy atom. The molecule has 3 aromatic heterocycles. The van der Waals surface area contributed by atoms with E-state index in [1.165, 1.54) is 42.3 Å². The van der Waals surface area contributed by atoms with Gasteiger partial charge in [-0.15, -0.1) is 21.5 Å². The number of ether oxygens (including phenoxy) is 1. The summed E-state index contributed by atoms with van der Waals surface area (Å²) in [7, 11) is 3.04. The van der Waals surface area contributed by atoms with Crippen LogP contribution in [0.1, 0.15) is 10.4 Å². The molecule has 0 aliphatic carbocycles. The van der Waals surface area contributed by atoms with E-state index < -0.39 is 5.97 Å². The van der Waals surface area contributed by atoms with E-state index in [0.717, 1.165) is 0 Å². The second-order valence-electron chi connectivity index (χ2n) is 6.53. The maximum absolute atomic E-state index is 13.3. The second kappa shape index (κ2) is 9.37. The summed E-state index contributed by atoms with van der Waals surface area (Å²) in [6.45, 7) is 0. The van der Waals surface area contributed by atoms with Crippen molar-refractivity contribution in [1.29, 1.82) is 0 Å². The van der Waals surface area contributed by atoms with Gasteiger partial charge in [-0.2, -0.15) is 0 Å². The number of aromatic nitrogens is 3. The molecule has 0 saturated heterocycles. The summed E-state index contributed by atoms with van der Waals surface area (Å²) < 4.78 is 25.2. The molecule has 0 radical (unpaired) electrons. The summed E-state index contributed by atoms with van der Waals surface area (Å²) in [5.74, 6) is -0.124. The van der Waals surface area contributed by atoms with E-state index in [2.05, 4.69) is 15.5 Å². The summed E-state index contributed by atoms with van der Waals surface area (Å²) in [4.78, 5) is 25.0. The van der Waals surface area contributed by atoms with Crippen molar-refractivity contribution in [2.75, 3.05) is 18.2 Å². The Balaban J connectivity index is 1.49. The predicted octanol–water partition coefficient (Wildman–Crippen LogP) is 4.46. The number of thiophene rings is 1. The van der Waals surface area contributed by atoms with Gasteiger partial charge in [0.2, 0.25) is 5.91 Å². The largest absolute Gasteiger partial charge is 0.465 e. The molecule has 0 aliphatic rings. The van der Waals surface area contributed by atoms with Crippen LogP contribution in [0.3, 0.4) is 0 Å². The average molecular weight is 473 g/mol. The van der Waals surface area contributed by atoms with Gasteiger partial charge in [0.25, 0.3) is 0 Å². The van der Waals surface area contributed by atoms with Crippen LogP contribution in [-0.4, -0.2) is 39.5 Å². The third kappa shape index (κ3) is 4.43. The Morgan fingerprint density at radius 3 is 2.72 bits per heavy atom. The molecule has 0 saturated carbocycles. The number of carbonyl (C=O) groups excluding carboxylic acids is 2. The lowest BCUT2D eigenvalue weighted by molar-refractivity contribution is -0.113. The lowest BCUT2D eigenvalue weighted by Gasteiger charge is -2.08. The molecule has 4 aromatic rings. The highest BCUT2D eigenvalue weighted by Gasteiger charge is 2.23. The zero-order valence-electron chi connectivity index (χ0n) is 17.0. The lowest BCUT2D eigenvalue weighted by atomic mass is 10.0. The van der Waals surface area contributed by atoms with E-state index in [0.29, 0.717) is 32.9 Å². The highest BCUT2D eigenvalue weighted by Crippen LogP contribution is 2.36. The molecular weight excluding hydrogens is 455 g/mol. The molecule has 0 fully saturated rings. The lowest BCUT2D eigenvalue weighted by Crippen LogP contribution is -2.16. The molecule has 1 aromatic carbocycles. The minimum atomic E-state index is -0.593. The van der Waals surface area contributed by atoms with Crippen molar-refractivity contribution in [2.45, 2.75) is 5.16 Å². The number of benzene rings is 1. The number of esters is 1. The Labute approximate surface area is 190 Å². The Morgan fingerprint density at radius 2 is 2.03 bits per heavy atom. The van der Waals surface area contributed by atoms with Crippen LogP contribution in [0.25, 0.3) is 22.7 Å². The second-order valence-corrected chi connectivity index (χ2v) is 8.35. The number of amides is 1. The van der Waals surface area contributed by atoms with E-state index in [4.69, 9.17) is 9.15 Å². The van der Waals surface area contributed by atoms with Crippen LogP contribution in [0.5, 0.6) is 0 Å². The third-order valence-electron chi connectivity index (χ3n) is 4.50. The Hall–Kier alpha value is -3.44. The molecule has 4 rings (SSSR count). The van der Waals surface area contributed by atoms with Gasteiger partial charge in [0, 0.05) is 18.0 Å². The fraction of sp³-hybridized carbons (Fsp3) is 0.143. The number of thioether (sulfide) groups is 1. The van der Waals surface area contributed by atoms with E-state index in [-0.39, 0.29) is 23.0 Å². The normalized spacial score (nSPS) is 10.8. The van der Waals surface area contributed by atoms with Gasteiger partial charge in [-0.1, -0.05) is 23.9 Å². The molecule has 0 bridgehead atoms. The highest BCUT2D eigenvalue weighted by atomic mass is 32.2. The monoisotopic (exact) mass is 472 g/mol. The number of halogens is 1. The van der Waals surface area contributed by atoms with E-state index >= 15 is 0 Å². The number of carbonyl (C=O) groups is 2. The Bertz CT molecular complexity index is 1250. The summed E-state index contributed by atoms with van der Waals surface area (Å²) >= 11 is 2.39. The van der Waals surface area contributed by atoms with Crippen LogP contribution in [0.15, 0.2) is 57.6 Å². The first-order valence-electron chi connectivity index (χ1n) is 9.29. The van der Waals surface area contributed by atoms with Crippen LogP contribution in [0, 0.1) is 5.82 Å². The quantitative estimate of drug-likeness (QED) is 0.313. The summed E-state index contributed by atoms with van der Waals surface area (Å²) in [5.41, 5.74) is 1.42. The van der Waals surface area contributed by atoms with Gasteiger partial charge >= 0.3 is 5.97 Å². The smallest absolute Gasteiger partial charge is 0.341 e. The molecule has 11 heteroatoms. The molecule has 0 atom stereocenters. The SMILES string of the molecule is COC(=O)c1c(-c2ccc(F)cc2)csc1NC(=O)CSc1nnc(-c2ccco2)n1C. The zero-order valence-corrected chi connectivity index (χ0v) is 18.6. The van der Waals surface area contributed by atoms with Gasteiger partial charge in [-0.25, -0.2) is 9.18 Å². The van der Waals surface area contributed by atoms with Gasteiger partial charge in [0.1, 0.15) is 16.4 Å². The fourth-order valence-corrected chi connectivity index (χ4v) is 4.63. The minimum Gasteiger partial charge on any atom is -0.465 e. The molecule has 164 valence electrons. The van der Waals surface area contributed by atoms with Crippen molar-refractivity contribution in [3.8, 4) is 22.7 Å². The molecule has 32 heavy (non-hydrogen) atoms. The number of nitrogens with zero attached hydrogens (tertiary/aromatic N) is 3. The molecule has 1 amide bonds. The number of anilines is 1. The van der Waals surface area contributed by atoms with Crippen LogP contribution >= 0.6 is 23.1 Å². The molecule has 8 nitrogen and oxygen atoms in total. The zero-order chi connectivity index (χ0) is 22.7. The van der Waals surface area contributed by atoms with Gasteiger partial charge in [0.15, 0.2) is 16.7 Å². The summed E-state index contributed by atoms with van der Waals surface area (Å²) in [6.07, 6.45) is 1.55. The Kier molecular flexibility index (Phi) is 6.37. The van der Waals surface area contributed by atoms with Crippen LogP contribution in [0.2, 0.25) is 0 Å². The van der Waals surface area contributed by atoms with E-state index in [1.807, 2.05) is 0 Å². The van der Waals surface area contributed by atoms with Crippen molar-refractivity contribution in [1.82, 2.24) is 14.8 Å². The molecule has 0 spiro atoms. The summed E-state index contributed by atoms with van der Waals surface area (Å²) in [5, 5.41) is 13.6. The highest BCUT2D eigenvalue weighted by molar-refractivity contribution is 7.99. The third-order valence-corrected chi connectivity index (χ3v) is 6.41. The van der Waals surface area contributed by atoms with Gasteiger partial charge in [-0.3, -0.25) is 4.79 Å². The van der Waals surface area contributed by atoms with Gasteiger partial charge < -0.3 is 19.0 Å². The predicted molar refractivity (Wildman–Crippen MR) is 119 cm³/mol. The van der Waals surface area contributed by atoms with Crippen molar-refractivity contribution >= 4 is 40.0 Å². The standard InChI is InChI=1S/C21H17FN4O4S2/c1-26-18(15-4-3-9-30-15)24-25-21(26)32-11-16(27)23-19-17(20(28)29-2)14(10-31-19)12-5-7-13(22)8-6-12/h3-10H,11H2,1-2H3,(H,23,27). The van der Waals surface area contributed by atoms with Crippen LogP contribution in [-0.2, 0) is 16.6 Å². The van der Waals surface area contributed by atoms with Crippen LogP contribution < -0.4 is 5.32 Å². The average Bonchev–Trinajstić information content (AvgIpc) is 3.53. The number of hydrogen-bond acceptors (Lipinski definition) is 8. The first-order chi connectivity index (χ1) is 15.5. The van der Waals surface area contributed by atoms with Gasteiger partial charge in [-0.05, 0) is 29.8 Å². The summed E-state index contributed by atoms with van der Waals surface area (Å²) in [6, 6.07) is 9.27. The molecule has 0 aliphatic heterocycles. The van der Waals surface area contributed by atoms with Crippen molar-refractivity contribution < 1.29 is 23.1 Å². The van der Waals surface area contributed by atoms with E-state index in [9.17, 15) is 14.0 Å². The maximum atomic E-state index is 13.3. The van der Waals surface area contributed by atoms with Crippen molar-refractivity contribution in [3.63, 3.8) is 0 Å². The first kappa shape index (κ1) is 21.8. The first-order valence-corrected chi connectivity index (χ1v) is 11.2. The van der Waals surface area contributed by atoms with Crippen molar-refractivity contribution in [3.05, 3.63) is 59.4 Å². The molecule has 3 heterocycles. The number of rotatable bonds is 7.